The van der Waals surface area contributed by atoms with Gasteiger partial charge in [0.2, 0.25) is 5.91 Å². The normalized spacial score (nSPS) is 20.9. The second-order valence-electron chi connectivity index (χ2n) is 8.50. The van der Waals surface area contributed by atoms with Gasteiger partial charge in [0, 0.05) is 5.25 Å². The summed E-state index contributed by atoms with van der Waals surface area (Å²) in [5.74, 6) is 1.01. The third-order valence-corrected chi connectivity index (χ3v) is 8.04. The van der Waals surface area contributed by atoms with Gasteiger partial charge < -0.3 is 5.32 Å². The lowest BCUT2D eigenvalue weighted by molar-refractivity contribution is -0.119. The number of hydrogen-bond acceptors (Lipinski definition) is 4. The second kappa shape index (κ2) is 8.34. The van der Waals surface area contributed by atoms with Gasteiger partial charge in [0.05, 0.1) is 23.3 Å². The predicted molar refractivity (Wildman–Crippen MR) is 110 cm³/mol. The second-order valence-corrected chi connectivity index (χ2v) is 12.0. The molecule has 1 fully saturated rings. The van der Waals surface area contributed by atoms with E-state index in [1.165, 1.54) is 17.3 Å². The van der Waals surface area contributed by atoms with Crippen molar-refractivity contribution in [3.8, 4) is 0 Å². The van der Waals surface area contributed by atoms with Crippen LogP contribution in [0.4, 0.5) is 0 Å². The van der Waals surface area contributed by atoms with Crippen LogP contribution >= 0.6 is 11.8 Å². The summed E-state index contributed by atoms with van der Waals surface area (Å²) in [6.07, 6.45) is 0.655. The molecule has 0 spiro atoms. The molecule has 1 aliphatic rings. The first-order valence-corrected chi connectivity index (χ1v) is 12.1. The Morgan fingerprint density at radius 3 is 2.31 bits per heavy atom. The third kappa shape index (κ3) is 6.02. The summed E-state index contributed by atoms with van der Waals surface area (Å²) < 4.78 is 23.0. The van der Waals surface area contributed by atoms with E-state index in [4.69, 9.17) is 0 Å². The number of carbonyl (C=O) groups excluding carboxylic acids is 1. The van der Waals surface area contributed by atoms with Crippen molar-refractivity contribution in [2.75, 3.05) is 17.3 Å². The Kier molecular flexibility index (Phi) is 6.83. The minimum Gasteiger partial charge on any atom is -0.348 e. The molecule has 0 aromatic heterocycles. The van der Waals surface area contributed by atoms with Crippen molar-refractivity contribution in [3.63, 3.8) is 0 Å². The van der Waals surface area contributed by atoms with Gasteiger partial charge in [-0.05, 0) is 28.9 Å². The molecule has 1 saturated heterocycles. The van der Waals surface area contributed by atoms with Crippen LogP contribution in [0.15, 0.2) is 24.3 Å². The van der Waals surface area contributed by atoms with Gasteiger partial charge >= 0.3 is 0 Å². The first kappa shape index (κ1) is 21.3. The average Bonchev–Trinajstić information content (AvgIpc) is 2.89. The highest BCUT2D eigenvalue weighted by Gasteiger charge is 2.29. The molecule has 2 unspecified atom stereocenters. The fourth-order valence-electron chi connectivity index (χ4n) is 3.13. The van der Waals surface area contributed by atoms with Crippen LogP contribution in [0, 0.1) is 5.92 Å². The molecule has 1 aromatic carbocycles. The van der Waals surface area contributed by atoms with Gasteiger partial charge in [0.25, 0.3) is 0 Å². The number of hydrogen-bond donors (Lipinski definition) is 1. The highest BCUT2D eigenvalue weighted by Crippen LogP contribution is 2.28. The molecule has 1 N–H and O–H groups in total. The summed E-state index contributed by atoms with van der Waals surface area (Å²) in [6, 6.07) is 8.43. The van der Waals surface area contributed by atoms with Crippen molar-refractivity contribution in [1.82, 2.24) is 5.32 Å². The Morgan fingerprint density at radius 1 is 1.23 bits per heavy atom. The molecular formula is C20H31NO3S2. The first-order chi connectivity index (χ1) is 12.0. The van der Waals surface area contributed by atoms with E-state index in [1.54, 1.807) is 0 Å². The van der Waals surface area contributed by atoms with E-state index in [0.29, 0.717) is 12.2 Å². The van der Waals surface area contributed by atoms with E-state index in [2.05, 4.69) is 64.2 Å². The Balaban J connectivity index is 1.96. The number of rotatable bonds is 6. The number of benzene rings is 1. The lowest BCUT2D eigenvalue weighted by Gasteiger charge is -2.25. The number of carbonyl (C=O) groups is 1. The van der Waals surface area contributed by atoms with Crippen LogP contribution in [0.1, 0.15) is 58.2 Å². The zero-order valence-electron chi connectivity index (χ0n) is 16.4. The van der Waals surface area contributed by atoms with Crippen molar-refractivity contribution < 1.29 is 13.2 Å². The van der Waals surface area contributed by atoms with Gasteiger partial charge in [-0.3, -0.25) is 4.79 Å². The minimum absolute atomic E-state index is 0.0297. The zero-order chi connectivity index (χ0) is 19.5. The number of amides is 1. The SMILES string of the molecule is CC(C)C(NC(=O)CSC1CCS(=O)(=O)C1)c1ccc(C(C)(C)C)cc1. The monoisotopic (exact) mass is 397 g/mol. The Morgan fingerprint density at radius 2 is 1.85 bits per heavy atom. The number of sulfone groups is 1. The highest BCUT2D eigenvalue weighted by atomic mass is 32.2. The van der Waals surface area contributed by atoms with E-state index < -0.39 is 9.84 Å². The number of nitrogens with one attached hydrogen (secondary N) is 1. The van der Waals surface area contributed by atoms with Crippen LogP contribution < -0.4 is 5.32 Å². The van der Waals surface area contributed by atoms with Gasteiger partial charge in [-0.1, -0.05) is 58.9 Å². The molecule has 1 aliphatic heterocycles. The molecule has 2 atom stereocenters. The van der Waals surface area contributed by atoms with E-state index in [0.717, 1.165) is 5.56 Å². The molecule has 4 nitrogen and oxygen atoms in total. The standard InChI is InChI=1S/C20H31NO3S2/c1-14(2)19(15-6-8-16(9-7-15)20(3,4)5)21-18(22)12-25-17-10-11-26(23,24)13-17/h6-9,14,17,19H,10-13H2,1-5H3,(H,21,22). The fraction of sp³-hybridized carbons (Fsp3) is 0.650. The number of thioether (sulfide) groups is 1. The van der Waals surface area contributed by atoms with Crippen LogP contribution in [0.5, 0.6) is 0 Å². The van der Waals surface area contributed by atoms with Crippen molar-refractivity contribution >= 4 is 27.5 Å². The van der Waals surface area contributed by atoms with E-state index in [-0.39, 0.29) is 40.0 Å². The topological polar surface area (TPSA) is 63.2 Å². The maximum atomic E-state index is 12.4. The first-order valence-electron chi connectivity index (χ1n) is 9.20. The van der Waals surface area contributed by atoms with Crippen LogP contribution in [0.2, 0.25) is 0 Å². The van der Waals surface area contributed by atoms with Gasteiger partial charge in [-0.15, -0.1) is 11.8 Å². The molecule has 0 bridgehead atoms. The van der Waals surface area contributed by atoms with Gasteiger partial charge in [-0.2, -0.15) is 0 Å². The molecule has 6 heteroatoms. The molecule has 1 aromatic rings. The Labute approximate surface area is 162 Å². The molecule has 26 heavy (non-hydrogen) atoms. The van der Waals surface area contributed by atoms with Gasteiger partial charge in [0.1, 0.15) is 0 Å². The maximum Gasteiger partial charge on any atom is 0.230 e. The van der Waals surface area contributed by atoms with Gasteiger partial charge in [0.15, 0.2) is 9.84 Å². The van der Waals surface area contributed by atoms with Crippen molar-refractivity contribution in [2.45, 2.75) is 57.7 Å². The average molecular weight is 398 g/mol. The largest absolute Gasteiger partial charge is 0.348 e. The molecule has 0 saturated carbocycles. The van der Waals surface area contributed by atoms with Crippen LogP contribution in [0.3, 0.4) is 0 Å². The Bertz CT molecular complexity index is 718. The van der Waals surface area contributed by atoms with Crippen LogP contribution in [0.25, 0.3) is 0 Å². The van der Waals surface area contributed by atoms with Crippen LogP contribution in [-0.2, 0) is 20.0 Å². The summed E-state index contributed by atoms with van der Waals surface area (Å²) in [5.41, 5.74) is 2.48. The lowest BCUT2D eigenvalue weighted by atomic mass is 9.85. The summed E-state index contributed by atoms with van der Waals surface area (Å²) in [6.45, 7) is 10.7. The van der Waals surface area contributed by atoms with E-state index in [1.807, 2.05) is 0 Å². The zero-order valence-corrected chi connectivity index (χ0v) is 18.0. The Hall–Kier alpha value is -1.01. The summed E-state index contributed by atoms with van der Waals surface area (Å²) >= 11 is 1.46. The van der Waals surface area contributed by atoms with Crippen molar-refractivity contribution in [2.24, 2.45) is 5.92 Å². The lowest BCUT2D eigenvalue weighted by Crippen LogP contribution is -2.33. The van der Waals surface area contributed by atoms with Crippen molar-refractivity contribution in [1.29, 1.82) is 0 Å². The molecule has 146 valence electrons. The molecule has 1 heterocycles. The van der Waals surface area contributed by atoms with Crippen molar-refractivity contribution in [3.05, 3.63) is 35.4 Å². The third-order valence-electron chi connectivity index (χ3n) is 4.76. The highest BCUT2D eigenvalue weighted by molar-refractivity contribution is 8.02. The molecular weight excluding hydrogens is 366 g/mol. The molecule has 0 radical (unpaired) electrons. The smallest absolute Gasteiger partial charge is 0.230 e. The minimum atomic E-state index is -2.89. The summed E-state index contributed by atoms with van der Waals surface area (Å²) in [4.78, 5) is 12.4. The fourth-order valence-corrected chi connectivity index (χ4v) is 6.58. The molecule has 1 amide bonds. The van der Waals surface area contributed by atoms with Gasteiger partial charge in [-0.25, -0.2) is 8.42 Å². The van der Waals surface area contributed by atoms with Crippen LogP contribution in [-0.4, -0.2) is 36.8 Å². The summed E-state index contributed by atoms with van der Waals surface area (Å²) in [7, 11) is -2.89. The molecule has 0 aliphatic carbocycles. The predicted octanol–water partition coefficient (Wildman–Crippen LogP) is 3.72. The maximum absolute atomic E-state index is 12.4. The van der Waals surface area contributed by atoms with E-state index >= 15 is 0 Å². The summed E-state index contributed by atoms with van der Waals surface area (Å²) in [5, 5.41) is 3.18. The van der Waals surface area contributed by atoms with E-state index in [9.17, 15) is 13.2 Å². The molecule has 2 rings (SSSR count). The quantitative estimate of drug-likeness (QED) is 0.795.